The quantitative estimate of drug-likeness (QED) is 0.535. The third-order valence-electron chi connectivity index (χ3n) is 2.86. The van der Waals surface area contributed by atoms with Crippen molar-refractivity contribution in [1.82, 2.24) is 0 Å². The van der Waals surface area contributed by atoms with Crippen LogP contribution >= 0.6 is 0 Å². The maximum absolute atomic E-state index is 9.72. The first-order valence-electron chi connectivity index (χ1n) is 3.93. The first-order chi connectivity index (χ1) is 5.41. The summed E-state index contributed by atoms with van der Waals surface area (Å²) in [5, 5.41) is 19.3. The number of hydrogen-bond acceptors (Lipinski definition) is 3. The monoisotopic (exact) mass is 168 g/mol. The van der Waals surface area contributed by atoms with Crippen molar-refractivity contribution in [2.75, 3.05) is 0 Å². The molecule has 1 aliphatic heterocycles. The van der Waals surface area contributed by atoms with Crippen LogP contribution in [0, 0.1) is 0 Å². The third-order valence-corrected chi connectivity index (χ3v) is 2.86. The molecule has 0 aromatic heterocycles. The van der Waals surface area contributed by atoms with Gasteiger partial charge in [0.25, 0.3) is 0 Å². The van der Waals surface area contributed by atoms with E-state index >= 15 is 0 Å². The van der Waals surface area contributed by atoms with Crippen molar-refractivity contribution < 1.29 is 14.9 Å². The molecule has 0 radical (unpaired) electrons. The third kappa shape index (κ3) is 0.635. The lowest BCUT2D eigenvalue weighted by Crippen LogP contribution is -2.26. The molecular weight excluding hydrogens is 156 g/mol. The standard InChI is InChI=1S/C9H12O3/c1-5-4-9(11)8(3,12-9)6(2)7(5)10/h4,10-11H,1-3H3. The molecule has 0 amide bonds. The molecule has 1 saturated heterocycles. The summed E-state index contributed by atoms with van der Waals surface area (Å²) in [6.07, 6.45) is 1.55. The average molecular weight is 168 g/mol. The summed E-state index contributed by atoms with van der Waals surface area (Å²) < 4.78 is 5.17. The van der Waals surface area contributed by atoms with Gasteiger partial charge in [0.15, 0.2) is 5.60 Å². The number of epoxide rings is 1. The van der Waals surface area contributed by atoms with Gasteiger partial charge in [-0.25, -0.2) is 0 Å². The van der Waals surface area contributed by atoms with Gasteiger partial charge in [-0.1, -0.05) is 0 Å². The summed E-state index contributed by atoms with van der Waals surface area (Å²) in [4.78, 5) is 0. The van der Waals surface area contributed by atoms with Gasteiger partial charge in [0.05, 0.1) is 0 Å². The van der Waals surface area contributed by atoms with E-state index in [1.165, 1.54) is 0 Å². The minimum atomic E-state index is -1.17. The minimum Gasteiger partial charge on any atom is -0.508 e. The summed E-state index contributed by atoms with van der Waals surface area (Å²) in [6.45, 7) is 5.28. The van der Waals surface area contributed by atoms with Crippen LogP contribution in [0.4, 0.5) is 0 Å². The average Bonchev–Trinajstić information content (AvgIpc) is 2.51. The molecule has 0 bridgehead atoms. The summed E-state index contributed by atoms with van der Waals surface area (Å²) in [5.74, 6) is -0.937. The summed E-state index contributed by atoms with van der Waals surface area (Å²) in [5.41, 5.74) is 0.673. The molecule has 0 aromatic carbocycles. The Kier molecular flexibility index (Phi) is 1.14. The maximum atomic E-state index is 9.72. The van der Waals surface area contributed by atoms with Crippen molar-refractivity contribution in [2.45, 2.75) is 32.2 Å². The van der Waals surface area contributed by atoms with Crippen molar-refractivity contribution >= 4 is 0 Å². The van der Waals surface area contributed by atoms with Gasteiger partial charge in [0, 0.05) is 5.57 Å². The normalized spacial score (nSPS) is 45.5. The summed E-state index contributed by atoms with van der Waals surface area (Å²) in [7, 11) is 0. The molecule has 66 valence electrons. The van der Waals surface area contributed by atoms with Crippen molar-refractivity contribution in [3.05, 3.63) is 23.0 Å². The zero-order valence-electron chi connectivity index (χ0n) is 7.38. The van der Waals surface area contributed by atoms with Crippen LogP contribution in [0.25, 0.3) is 0 Å². The highest BCUT2D eigenvalue weighted by Crippen LogP contribution is 2.55. The Hall–Kier alpha value is -0.800. The highest BCUT2D eigenvalue weighted by Gasteiger charge is 2.68. The number of ether oxygens (including phenoxy) is 1. The SMILES string of the molecule is CC1=CC2(O)OC2(C)C(C)=C1O. The predicted octanol–water partition coefficient (Wildman–Crippen LogP) is 1.26. The lowest BCUT2D eigenvalue weighted by molar-refractivity contribution is 0.0815. The minimum absolute atomic E-state index is 0.236. The zero-order valence-corrected chi connectivity index (χ0v) is 7.38. The molecule has 1 fully saturated rings. The predicted molar refractivity (Wildman–Crippen MR) is 43.5 cm³/mol. The van der Waals surface area contributed by atoms with Gasteiger partial charge in [-0.15, -0.1) is 0 Å². The fourth-order valence-electron chi connectivity index (χ4n) is 1.68. The Bertz CT molecular complexity index is 316. The molecule has 0 saturated carbocycles. The highest BCUT2D eigenvalue weighted by molar-refractivity contribution is 5.47. The van der Waals surface area contributed by atoms with E-state index in [4.69, 9.17) is 4.74 Å². The first kappa shape index (κ1) is 7.83. The molecule has 2 aliphatic rings. The second-order valence-corrected chi connectivity index (χ2v) is 3.63. The first-order valence-corrected chi connectivity index (χ1v) is 3.93. The van der Waals surface area contributed by atoms with Gasteiger partial charge in [-0.2, -0.15) is 0 Å². The van der Waals surface area contributed by atoms with Gasteiger partial charge in [0.1, 0.15) is 5.76 Å². The number of aliphatic hydroxyl groups is 2. The highest BCUT2D eigenvalue weighted by atomic mass is 16.7. The van der Waals surface area contributed by atoms with Crippen molar-refractivity contribution in [3.8, 4) is 0 Å². The van der Waals surface area contributed by atoms with Crippen LogP contribution in [0.5, 0.6) is 0 Å². The van der Waals surface area contributed by atoms with Crippen molar-refractivity contribution in [3.63, 3.8) is 0 Å². The molecule has 2 atom stereocenters. The van der Waals surface area contributed by atoms with Gasteiger partial charge < -0.3 is 14.9 Å². The van der Waals surface area contributed by atoms with Gasteiger partial charge in [-0.05, 0) is 32.4 Å². The maximum Gasteiger partial charge on any atom is 0.221 e. The van der Waals surface area contributed by atoms with E-state index in [2.05, 4.69) is 0 Å². The van der Waals surface area contributed by atoms with E-state index in [1.54, 1.807) is 26.8 Å². The Morgan fingerprint density at radius 3 is 2.58 bits per heavy atom. The van der Waals surface area contributed by atoms with Crippen LogP contribution in [0.2, 0.25) is 0 Å². The van der Waals surface area contributed by atoms with E-state index in [1.807, 2.05) is 0 Å². The Morgan fingerprint density at radius 2 is 2.00 bits per heavy atom. The van der Waals surface area contributed by atoms with Crippen LogP contribution in [-0.2, 0) is 4.74 Å². The van der Waals surface area contributed by atoms with Gasteiger partial charge in [0.2, 0.25) is 5.79 Å². The topological polar surface area (TPSA) is 53.0 Å². The number of rotatable bonds is 0. The second-order valence-electron chi connectivity index (χ2n) is 3.63. The number of allylic oxidation sites excluding steroid dienone is 1. The van der Waals surface area contributed by atoms with Crippen LogP contribution in [0.15, 0.2) is 23.0 Å². The van der Waals surface area contributed by atoms with Crippen molar-refractivity contribution in [1.29, 1.82) is 0 Å². The van der Waals surface area contributed by atoms with Gasteiger partial charge >= 0.3 is 0 Å². The molecular formula is C9H12O3. The van der Waals surface area contributed by atoms with Crippen LogP contribution in [0.3, 0.4) is 0 Å². The van der Waals surface area contributed by atoms with E-state index in [9.17, 15) is 10.2 Å². The molecule has 3 heteroatoms. The zero-order chi connectivity index (χ0) is 9.15. The molecule has 0 spiro atoms. The van der Waals surface area contributed by atoms with Crippen LogP contribution in [0.1, 0.15) is 20.8 Å². The molecule has 2 N–H and O–H groups in total. The fraction of sp³-hybridized carbons (Fsp3) is 0.556. The van der Waals surface area contributed by atoms with E-state index < -0.39 is 11.4 Å². The molecule has 1 aliphatic carbocycles. The number of fused-ring (bicyclic) bond motifs is 1. The summed E-state index contributed by atoms with van der Waals surface area (Å²) in [6, 6.07) is 0. The summed E-state index contributed by atoms with van der Waals surface area (Å²) >= 11 is 0. The molecule has 3 nitrogen and oxygen atoms in total. The number of hydrogen-bond donors (Lipinski definition) is 2. The fourth-order valence-corrected chi connectivity index (χ4v) is 1.68. The second kappa shape index (κ2) is 1.75. The lowest BCUT2D eigenvalue weighted by atomic mass is 9.88. The molecule has 12 heavy (non-hydrogen) atoms. The van der Waals surface area contributed by atoms with Crippen LogP contribution < -0.4 is 0 Å². The van der Waals surface area contributed by atoms with Gasteiger partial charge in [-0.3, -0.25) is 0 Å². The molecule has 2 unspecified atom stereocenters. The largest absolute Gasteiger partial charge is 0.508 e. The molecule has 1 heterocycles. The Morgan fingerprint density at radius 1 is 1.42 bits per heavy atom. The Balaban J connectivity index is 2.54. The lowest BCUT2D eigenvalue weighted by Gasteiger charge is -2.17. The smallest absolute Gasteiger partial charge is 0.221 e. The Labute approximate surface area is 71.0 Å². The van der Waals surface area contributed by atoms with Crippen molar-refractivity contribution in [2.24, 2.45) is 0 Å². The van der Waals surface area contributed by atoms with E-state index in [-0.39, 0.29) is 5.76 Å². The van der Waals surface area contributed by atoms with E-state index in [0.29, 0.717) is 11.1 Å². The van der Waals surface area contributed by atoms with E-state index in [0.717, 1.165) is 0 Å². The number of aliphatic hydroxyl groups excluding tert-OH is 1. The molecule has 2 rings (SSSR count). The molecule has 0 aromatic rings. The van der Waals surface area contributed by atoms with Crippen LogP contribution in [-0.4, -0.2) is 21.6 Å².